The molecule has 1 aliphatic heterocycles. The van der Waals surface area contributed by atoms with Gasteiger partial charge in [-0.15, -0.1) is 0 Å². The Hall–Kier alpha value is -1.23. The summed E-state index contributed by atoms with van der Waals surface area (Å²) in [6, 6.07) is 5.71. The van der Waals surface area contributed by atoms with Gasteiger partial charge in [-0.1, -0.05) is 12.1 Å². The van der Waals surface area contributed by atoms with Crippen molar-refractivity contribution in [3.8, 4) is 0 Å². The Labute approximate surface area is 90.2 Å². The average Bonchev–Trinajstić information content (AvgIpc) is 2.44. The zero-order chi connectivity index (χ0) is 11.2. The molecule has 0 unspecified atom stereocenters. The maximum atomic E-state index is 11.6. The van der Waals surface area contributed by atoms with E-state index in [2.05, 4.69) is 0 Å². The lowest BCUT2D eigenvalue weighted by atomic mass is 10.2. The molecule has 82 valence electrons. The summed E-state index contributed by atoms with van der Waals surface area (Å²) < 4.78 is 24.5. The average molecular weight is 226 g/mol. The normalized spacial score (nSPS) is 15.7. The molecule has 0 amide bonds. The van der Waals surface area contributed by atoms with Crippen molar-refractivity contribution in [3.05, 3.63) is 23.8 Å². The maximum absolute atomic E-state index is 11.6. The summed E-state index contributed by atoms with van der Waals surface area (Å²) in [4.78, 5) is 1.95. The van der Waals surface area contributed by atoms with Gasteiger partial charge in [-0.2, -0.15) is 0 Å². The van der Waals surface area contributed by atoms with Gasteiger partial charge in [-0.25, -0.2) is 12.7 Å². The Morgan fingerprint density at radius 3 is 2.60 bits per heavy atom. The largest absolute Gasteiger partial charge is 0.354 e. The first kappa shape index (κ1) is 10.3. The van der Waals surface area contributed by atoms with Crippen molar-refractivity contribution in [2.75, 3.05) is 29.2 Å². The van der Waals surface area contributed by atoms with Crippen molar-refractivity contribution in [1.82, 2.24) is 0 Å². The Balaban J connectivity index is 2.62. The van der Waals surface area contributed by atoms with E-state index in [0.717, 1.165) is 16.9 Å². The fourth-order valence-electron chi connectivity index (χ4n) is 1.96. The number of sulfonamides is 1. The van der Waals surface area contributed by atoms with Crippen LogP contribution in [0.2, 0.25) is 0 Å². The van der Waals surface area contributed by atoms with Gasteiger partial charge in [0.15, 0.2) is 0 Å². The molecule has 4 nitrogen and oxygen atoms in total. The number of fused-ring (bicyclic) bond motifs is 1. The quantitative estimate of drug-likeness (QED) is 0.721. The van der Waals surface area contributed by atoms with E-state index in [9.17, 15) is 8.42 Å². The van der Waals surface area contributed by atoms with E-state index in [0.29, 0.717) is 6.67 Å². The summed E-state index contributed by atoms with van der Waals surface area (Å²) in [5.74, 6) is 0. The van der Waals surface area contributed by atoms with Crippen molar-refractivity contribution in [2.45, 2.75) is 6.92 Å². The number of aryl methyl sites for hydroxylation is 1. The van der Waals surface area contributed by atoms with Crippen LogP contribution in [0.1, 0.15) is 5.56 Å². The fourth-order valence-corrected chi connectivity index (χ4v) is 2.85. The van der Waals surface area contributed by atoms with E-state index in [1.807, 2.05) is 37.1 Å². The summed E-state index contributed by atoms with van der Waals surface area (Å²) >= 11 is 0. The molecule has 0 aromatic heterocycles. The van der Waals surface area contributed by atoms with Gasteiger partial charge in [-0.05, 0) is 18.6 Å². The van der Waals surface area contributed by atoms with Crippen LogP contribution in [0.4, 0.5) is 11.4 Å². The molecule has 0 fully saturated rings. The molecule has 1 aromatic carbocycles. The van der Waals surface area contributed by atoms with Crippen LogP contribution in [0, 0.1) is 6.92 Å². The van der Waals surface area contributed by atoms with Gasteiger partial charge in [-0.3, -0.25) is 0 Å². The number of benzene rings is 1. The Morgan fingerprint density at radius 1 is 1.33 bits per heavy atom. The second kappa shape index (κ2) is 3.13. The molecule has 15 heavy (non-hydrogen) atoms. The first-order valence-electron chi connectivity index (χ1n) is 4.70. The number of hydrogen-bond donors (Lipinski definition) is 0. The van der Waals surface area contributed by atoms with Crippen LogP contribution in [0.25, 0.3) is 0 Å². The van der Waals surface area contributed by atoms with Crippen LogP contribution in [0.5, 0.6) is 0 Å². The number of hydrogen-bond acceptors (Lipinski definition) is 3. The summed E-state index contributed by atoms with van der Waals surface area (Å²) in [7, 11) is -1.27. The number of para-hydroxylation sites is 1. The minimum atomic E-state index is -3.17. The second-order valence-electron chi connectivity index (χ2n) is 3.89. The molecular formula is C10H14N2O2S. The first-order valence-corrected chi connectivity index (χ1v) is 6.54. The van der Waals surface area contributed by atoms with E-state index in [4.69, 9.17) is 0 Å². The van der Waals surface area contributed by atoms with E-state index < -0.39 is 10.0 Å². The van der Waals surface area contributed by atoms with Gasteiger partial charge in [0.1, 0.15) is 6.67 Å². The lowest BCUT2D eigenvalue weighted by Crippen LogP contribution is -2.32. The molecule has 0 saturated carbocycles. The molecule has 0 spiro atoms. The maximum Gasteiger partial charge on any atom is 0.233 e. The number of nitrogens with zero attached hydrogens (tertiary/aromatic N) is 2. The molecule has 0 N–H and O–H groups in total. The van der Waals surface area contributed by atoms with Gasteiger partial charge in [0.05, 0.1) is 17.6 Å². The van der Waals surface area contributed by atoms with Gasteiger partial charge in [0.25, 0.3) is 0 Å². The minimum absolute atomic E-state index is 0.402. The van der Waals surface area contributed by atoms with Crippen LogP contribution >= 0.6 is 0 Å². The third-order valence-electron chi connectivity index (χ3n) is 2.61. The van der Waals surface area contributed by atoms with Crippen molar-refractivity contribution in [2.24, 2.45) is 0 Å². The highest BCUT2D eigenvalue weighted by Crippen LogP contribution is 2.38. The van der Waals surface area contributed by atoms with Crippen LogP contribution in [0.3, 0.4) is 0 Å². The highest BCUT2D eigenvalue weighted by atomic mass is 32.2. The van der Waals surface area contributed by atoms with Crippen molar-refractivity contribution >= 4 is 21.4 Å². The fraction of sp³-hybridized carbons (Fsp3) is 0.400. The van der Waals surface area contributed by atoms with E-state index in [1.54, 1.807) is 0 Å². The van der Waals surface area contributed by atoms with Crippen molar-refractivity contribution in [1.29, 1.82) is 0 Å². The van der Waals surface area contributed by atoms with Crippen LogP contribution in [0.15, 0.2) is 18.2 Å². The van der Waals surface area contributed by atoms with Gasteiger partial charge >= 0.3 is 0 Å². The van der Waals surface area contributed by atoms with Gasteiger partial charge < -0.3 is 4.90 Å². The topological polar surface area (TPSA) is 40.6 Å². The molecule has 0 atom stereocenters. The smallest absolute Gasteiger partial charge is 0.233 e. The molecular weight excluding hydrogens is 212 g/mol. The molecule has 1 heterocycles. The van der Waals surface area contributed by atoms with E-state index >= 15 is 0 Å². The minimum Gasteiger partial charge on any atom is -0.354 e. The lowest BCUT2D eigenvalue weighted by Gasteiger charge is -2.16. The molecule has 1 aromatic rings. The molecule has 0 aliphatic carbocycles. The molecule has 0 saturated heterocycles. The summed E-state index contributed by atoms with van der Waals surface area (Å²) in [6.45, 7) is 2.39. The zero-order valence-corrected chi connectivity index (χ0v) is 9.87. The first-order chi connectivity index (χ1) is 6.91. The summed E-state index contributed by atoms with van der Waals surface area (Å²) in [5, 5.41) is 0. The Morgan fingerprint density at radius 2 is 2.00 bits per heavy atom. The van der Waals surface area contributed by atoms with E-state index in [1.165, 1.54) is 10.6 Å². The number of rotatable bonds is 1. The summed E-state index contributed by atoms with van der Waals surface area (Å²) in [5.41, 5.74) is 2.88. The Bertz CT molecular complexity index is 496. The monoisotopic (exact) mass is 226 g/mol. The third kappa shape index (κ3) is 1.56. The molecule has 1 aliphatic rings. The Kier molecular flexibility index (Phi) is 2.15. The second-order valence-corrected chi connectivity index (χ2v) is 5.80. The SMILES string of the molecule is Cc1cccc2c1N(C)CN2S(C)(=O)=O. The molecule has 0 radical (unpaired) electrons. The predicted molar refractivity (Wildman–Crippen MR) is 61.8 cm³/mol. The third-order valence-corrected chi connectivity index (χ3v) is 3.72. The lowest BCUT2D eigenvalue weighted by molar-refractivity contribution is 0.598. The molecule has 2 rings (SSSR count). The highest BCUT2D eigenvalue weighted by molar-refractivity contribution is 7.92. The van der Waals surface area contributed by atoms with Crippen molar-refractivity contribution < 1.29 is 8.42 Å². The molecule has 0 bridgehead atoms. The standard InChI is InChI=1S/C10H14N2O2S/c1-8-5-4-6-9-10(8)11(2)7-12(9)15(3,13)14/h4-6H,7H2,1-3H3. The highest BCUT2D eigenvalue weighted by Gasteiger charge is 2.30. The van der Waals surface area contributed by atoms with Crippen molar-refractivity contribution in [3.63, 3.8) is 0 Å². The van der Waals surface area contributed by atoms with E-state index in [-0.39, 0.29) is 0 Å². The van der Waals surface area contributed by atoms with Crippen LogP contribution < -0.4 is 9.21 Å². The van der Waals surface area contributed by atoms with Gasteiger partial charge in [0.2, 0.25) is 10.0 Å². The summed E-state index contributed by atoms with van der Waals surface area (Å²) in [6.07, 6.45) is 1.23. The predicted octanol–water partition coefficient (Wildman–Crippen LogP) is 1.17. The van der Waals surface area contributed by atoms with Crippen LogP contribution in [-0.2, 0) is 10.0 Å². The molecule has 5 heteroatoms. The van der Waals surface area contributed by atoms with Crippen LogP contribution in [-0.4, -0.2) is 28.4 Å². The van der Waals surface area contributed by atoms with Gasteiger partial charge in [0, 0.05) is 7.05 Å². The number of anilines is 2. The zero-order valence-electron chi connectivity index (χ0n) is 9.06.